The van der Waals surface area contributed by atoms with Crippen LogP contribution in [0.2, 0.25) is 0 Å². The molecule has 0 N–H and O–H groups in total. The van der Waals surface area contributed by atoms with Crippen LogP contribution in [0.3, 0.4) is 0 Å². The van der Waals surface area contributed by atoms with Crippen LogP contribution in [0.15, 0.2) is 30.3 Å². The molecule has 0 radical (unpaired) electrons. The third kappa shape index (κ3) is 2.80. The van der Waals surface area contributed by atoms with Crippen molar-refractivity contribution in [3.05, 3.63) is 47.3 Å². The molecule has 2 unspecified atom stereocenters. The molecule has 2 aliphatic heterocycles. The molecule has 2 aliphatic carbocycles. The minimum absolute atomic E-state index is 0.0945. The van der Waals surface area contributed by atoms with Crippen LogP contribution < -0.4 is 0 Å². The summed E-state index contributed by atoms with van der Waals surface area (Å²) >= 11 is 0. The zero-order valence-electron chi connectivity index (χ0n) is 17.5. The molecule has 1 saturated heterocycles. The van der Waals surface area contributed by atoms with Gasteiger partial charge in [0.25, 0.3) is 5.91 Å². The van der Waals surface area contributed by atoms with Crippen molar-refractivity contribution in [3.63, 3.8) is 0 Å². The Morgan fingerprint density at radius 2 is 1.83 bits per heavy atom. The van der Waals surface area contributed by atoms with E-state index in [0.717, 1.165) is 54.9 Å². The fourth-order valence-corrected chi connectivity index (χ4v) is 5.48. The van der Waals surface area contributed by atoms with Crippen molar-refractivity contribution in [3.8, 4) is 5.69 Å². The van der Waals surface area contributed by atoms with Crippen LogP contribution in [0, 0.1) is 18.8 Å². The van der Waals surface area contributed by atoms with E-state index >= 15 is 0 Å². The van der Waals surface area contributed by atoms with Crippen molar-refractivity contribution in [1.29, 1.82) is 0 Å². The van der Waals surface area contributed by atoms with Crippen LogP contribution in [0.5, 0.6) is 0 Å². The predicted molar refractivity (Wildman–Crippen MR) is 112 cm³/mol. The molecule has 2 saturated carbocycles. The van der Waals surface area contributed by atoms with E-state index in [-0.39, 0.29) is 23.9 Å². The summed E-state index contributed by atoms with van der Waals surface area (Å²) in [6.07, 6.45) is 6.36. The largest absolute Gasteiger partial charge is 0.340 e. The van der Waals surface area contributed by atoms with Crippen molar-refractivity contribution in [2.24, 2.45) is 11.8 Å². The summed E-state index contributed by atoms with van der Waals surface area (Å²) in [6.45, 7) is 3.56. The Hall–Kier alpha value is -2.63. The van der Waals surface area contributed by atoms with Crippen LogP contribution >= 0.6 is 0 Å². The van der Waals surface area contributed by atoms with Gasteiger partial charge in [0.05, 0.1) is 23.5 Å². The predicted octanol–water partition coefficient (Wildman–Crippen LogP) is 3.49. The van der Waals surface area contributed by atoms with E-state index in [9.17, 15) is 9.59 Å². The second-order valence-electron chi connectivity index (χ2n) is 9.44. The number of nitrogens with zero attached hydrogens (tertiary/aromatic N) is 4. The normalized spacial score (nSPS) is 26.2. The lowest BCUT2D eigenvalue weighted by Gasteiger charge is -2.40. The summed E-state index contributed by atoms with van der Waals surface area (Å²) in [7, 11) is 0. The second-order valence-corrected chi connectivity index (χ2v) is 9.44. The van der Waals surface area contributed by atoms with Gasteiger partial charge in [0, 0.05) is 24.6 Å². The number of para-hydroxylation sites is 1. The van der Waals surface area contributed by atoms with E-state index in [4.69, 9.17) is 5.10 Å². The summed E-state index contributed by atoms with van der Waals surface area (Å²) < 4.78 is 1.85. The monoisotopic (exact) mass is 404 g/mol. The Kier molecular flexibility index (Phi) is 4.05. The first-order valence-electron chi connectivity index (χ1n) is 11.4. The van der Waals surface area contributed by atoms with Crippen molar-refractivity contribution in [2.75, 3.05) is 13.1 Å². The number of piperidine rings is 1. The third-order valence-corrected chi connectivity index (χ3v) is 7.24. The highest BCUT2D eigenvalue weighted by Gasteiger charge is 2.52. The molecule has 6 nitrogen and oxygen atoms in total. The number of carbonyl (C=O) groups is 2. The molecular formula is C24H28N4O2. The number of benzene rings is 1. The van der Waals surface area contributed by atoms with Gasteiger partial charge in [-0.1, -0.05) is 18.2 Å². The van der Waals surface area contributed by atoms with Gasteiger partial charge in [-0.3, -0.25) is 9.59 Å². The first-order valence-corrected chi connectivity index (χ1v) is 11.4. The van der Waals surface area contributed by atoms with Gasteiger partial charge in [-0.15, -0.1) is 0 Å². The Bertz CT molecular complexity index is 1010. The molecule has 2 atom stereocenters. The standard InChI is InChI=1S/C24H28N4O2/c1-15-20-21(16-9-10-16)27(19-8-5-13-26(14-19)23(29)17-11-12-17)24(30)22(20)28(25-15)18-6-3-2-4-7-18/h2-4,6-7,16-17,19,21H,5,8-14H2,1H3. The number of carbonyl (C=O) groups excluding carboxylic acids is 2. The topological polar surface area (TPSA) is 58.4 Å². The van der Waals surface area contributed by atoms with Gasteiger partial charge in [-0.25, -0.2) is 4.68 Å². The van der Waals surface area contributed by atoms with E-state index in [1.165, 1.54) is 12.8 Å². The molecule has 2 aromatic rings. The number of amides is 2. The van der Waals surface area contributed by atoms with Crippen LogP contribution in [0.1, 0.15) is 66.3 Å². The first kappa shape index (κ1) is 18.2. The Morgan fingerprint density at radius 3 is 2.53 bits per heavy atom. The molecular weight excluding hydrogens is 376 g/mol. The summed E-state index contributed by atoms with van der Waals surface area (Å²) in [6, 6.07) is 10.2. The molecule has 2 amide bonds. The van der Waals surface area contributed by atoms with Gasteiger partial charge in [0.1, 0.15) is 5.69 Å². The van der Waals surface area contributed by atoms with E-state index < -0.39 is 0 Å². The third-order valence-electron chi connectivity index (χ3n) is 7.24. The summed E-state index contributed by atoms with van der Waals surface area (Å²) in [5.41, 5.74) is 3.75. The maximum absolute atomic E-state index is 13.8. The van der Waals surface area contributed by atoms with Gasteiger partial charge in [-0.05, 0) is 63.5 Å². The Labute approximate surface area is 176 Å². The molecule has 0 bridgehead atoms. The van der Waals surface area contributed by atoms with Gasteiger partial charge in [0.15, 0.2) is 0 Å². The van der Waals surface area contributed by atoms with Crippen molar-refractivity contribution < 1.29 is 9.59 Å². The maximum Gasteiger partial charge on any atom is 0.273 e. The highest BCUT2D eigenvalue weighted by atomic mass is 16.2. The smallest absolute Gasteiger partial charge is 0.273 e. The lowest BCUT2D eigenvalue weighted by atomic mass is 9.98. The molecule has 4 aliphatic rings. The molecule has 30 heavy (non-hydrogen) atoms. The van der Waals surface area contributed by atoms with Gasteiger partial charge in [0.2, 0.25) is 5.91 Å². The highest BCUT2D eigenvalue weighted by molar-refractivity contribution is 5.99. The van der Waals surface area contributed by atoms with E-state index in [1.807, 2.05) is 46.8 Å². The Morgan fingerprint density at radius 1 is 1.07 bits per heavy atom. The number of hydrogen-bond donors (Lipinski definition) is 0. The zero-order valence-corrected chi connectivity index (χ0v) is 17.5. The van der Waals surface area contributed by atoms with Gasteiger partial charge >= 0.3 is 0 Å². The van der Waals surface area contributed by atoms with Crippen LogP contribution in [-0.2, 0) is 4.79 Å². The summed E-state index contributed by atoms with van der Waals surface area (Å²) in [5.74, 6) is 1.16. The molecule has 3 heterocycles. The van der Waals surface area contributed by atoms with Crippen LogP contribution in [0.4, 0.5) is 0 Å². The number of aryl methyl sites for hydroxylation is 1. The second kappa shape index (κ2) is 6.69. The quantitative estimate of drug-likeness (QED) is 0.784. The van der Waals surface area contributed by atoms with Gasteiger partial charge in [-0.2, -0.15) is 5.10 Å². The van der Waals surface area contributed by atoms with Crippen molar-refractivity contribution >= 4 is 11.8 Å². The molecule has 3 fully saturated rings. The van der Waals surface area contributed by atoms with Crippen molar-refractivity contribution in [1.82, 2.24) is 19.6 Å². The average molecular weight is 405 g/mol. The molecule has 1 aromatic heterocycles. The zero-order chi connectivity index (χ0) is 20.4. The molecule has 1 aromatic carbocycles. The summed E-state index contributed by atoms with van der Waals surface area (Å²) in [4.78, 5) is 30.7. The SMILES string of the molecule is Cc1nn(-c2ccccc2)c2c1C(C1CC1)N(C1CCCN(C(=O)C3CC3)C1)C2=O. The molecule has 156 valence electrons. The average Bonchev–Trinajstić information content (AvgIpc) is 3.69. The maximum atomic E-state index is 13.8. The lowest BCUT2D eigenvalue weighted by molar-refractivity contribution is -0.134. The van der Waals surface area contributed by atoms with Crippen LogP contribution in [0.25, 0.3) is 5.69 Å². The van der Waals surface area contributed by atoms with Gasteiger partial charge < -0.3 is 9.80 Å². The van der Waals surface area contributed by atoms with E-state index in [0.29, 0.717) is 18.4 Å². The molecule has 6 rings (SSSR count). The molecule has 0 spiro atoms. The highest BCUT2D eigenvalue weighted by Crippen LogP contribution is 2.52. The lowest BCUT2D eigenvalue weighted by Crippen LogP contribution is -2.51. The van der Waals surface area contributed by atoms with E-state index in [1.54, 1.807) is 0 Å². The van der Waals surface area contributed by atoms with Crippen LogP contribution in [-0.4, -0.2) is 50.5 Å². The number of aromatic nitrogens is 2. The molecule has 6 heteroatoms. The minimum atomic E-state index is 0.0945. The fourth-order valence-electron chi connectivity index (χ4n) is 5.48. The Balaban J connectivity index is 1.37. The van der Waals surface area contributed by atoms with Crippen molar-refractivity contribution in [2.45, 2.75) is 57.5 Å². The number of rotatable bonds is 4. The number of hydrogen-bond acceptors (Lipinski definition) is 3. The van der Waals surface area contributed by atoms with E-state index in [2.05, 4.69) is 4.90 Å². The fraction of sp³-hybridized carbons (Fsp3) is 0.542. The minimum Gasteiger partial charge on any atom is -0.340 e. The first-order chi connectivity index (χ1) is 14.6. The number of fused-ring (bicyclic) bond motifs is 1. The summed E-state index contributed by atoms with van der Waals surface area (Å²) in [5, 5.41) is 4.77. The number of likely N-dealkylation sites (tertiary alicyclic amines) is 1.